The average molecular weight is 491 g/mol. The molecule has 2 aliphatic heterocycles. The lowest BCUT2D eigenvalue weighted by molar-refractivity contribution is -0.180. The lowest BCUT2D eigenvalue weighted by Crippen LogP contribution is -2.65. The van der Waals surface area contributed by atoms with Crippen molar-refractivity contribution in [2.24, 2.45) is 0 Å². The molecule has 3 unspecified atom stereocenters. The molecule has 2 aliphatic carbocycles. The zero-order chi connectivity index (χ0) is 23.6. The van der Waals surface area contributed by atoms with E-state index < -0.39 is 22.9 Å². The molecule has 184 valence electrons. The first-order valence-electron chi connectivity index (χ1n) is 11.5. The van der Waals surface area contributed by atoms with E-state index in [1.807, 2.05) is 0 Å². The standard InChI is InChI=1S/2C10H19N3O2S/c2*1-2-5-11-7-3-4-9(14)10(15,6-7)13-8(16)12-9/h2*7,11,14-15H,2-6H2,1H3,(H2,12,13,16)/t7-,9+,10-;/m0./s1. The van der Waals surface area contributed by atoms with E-state index in [1.165, 1.54) is 0 Å². The molecular formula is C20H38N6O4S2. The molecule has 0 spiro atoms. The van der Waals surface area contributed by atoms with Crippen LogP contribution in [0.4, 0.5) is 0 Å². The van der Waals surface area contributed by atoms with Crippen LogP contribution in [0.15, 0.2) is 0 Å². The highest BCUT2D eigenvalue weighted by Gasteiger charge is 2.59. The second kappa shape index (κ2) is 9.79. The highest BCUT2D eigenvalue weighted by Crippen LogP contribution is 2.37. The number of aliphatic hydroxyl groups is 4. The minimum absolute atomic E-state index is 0.223. The van der Waals surface area contributed by atoms with Crippen LogP contribution in [0, 0.1) is 0 Å². The van der Waals surface area contributed by atoms with Crippen molar-refractivity contribution in [1.29, 1.82) is 0 Å². The van der Waals surface area contributed by atoms with E-state index in [1.54, 1.807) is 0 Å². The number of hydrogen-bond donors (Lipinski definition) is 10. The van der Waals surface area contributed by atoms with Crippen LogP contribution in [0.1, 0.15) is 65.2 Å². The minimum atomic E-state index is -1.34. The lowest BCUT2D eigenvalue weighted by Gasteiger charge is -2.43. The van der Waals surface area contributed by atoms with Crippen molar-refractivity contribution < 1.29 is 20.4 Å². The largest absolute Gasteiger partial charge is 0.367 e. The van der Waals surface area contributed by atoms with Gasteiger partial charge in [0.2, 0.25) is 0 Å². The van der Waals surface area contributed by atoms with E-state index in [4.69, 9.17) is 24.4 Å². The topological polar surface area (TPSA) is 153 Å². The molecule has 2 heterocycles. The van der Waals surface area contributed by atoms with Crippen LogP contribution in [0.3, 0.4) is 0 Å². The fraction of sp³-hybridized carbons (Fsp3) is 0.900. The van der Waals surface area contributed by atoms with Crippen LogP contribution < -0.4 is 31.9 Å². The third-order valence-corrected chi connectivity index (χ3v) is 7.22. The van der Waals surface area contributed by atoms with Gasteiger partial charge in [0.25, 0.3) is 0 Å². The Morgan fingerprint density at radius 2 is 1.06 bits per heavy atom. The van der Waals surface area contributed by atoms with Crippen LogP contribution in [0.5, 0.6) is 0 Å². The van der Waals surface area contributed by atoms with Gasteiger partial charge in [-0.15, -0.1) is 0 Å². The van der Waals surface area contributed by atoms with Crippen LogP contribution in [-0.2, 0) is 0 Å². The predicted molar refractivity (Wildman–Crippen MR) is 129 cm³/mol. The molecule has 4 fully saturated rings. The number of hydrogen-bond acceptors (Lipinski definition) is 8. The van der Waals surface area contributed by atoms with Crippen LogP contribution in [-0.4, -0.2) is 78.7 Å². The van der Waals surface area contributed by atoms with Crippen molar-refractivity contribution >= 4 is 34.7 Å². The highest BCUT2D eigenvalue weighted by atomic mass is 32.1. The lowest BCUT2D eigenvalue weighted by atomic mass is 9.81. The Morgan fingerprint density at radius 1 is 0.719 bits per heavy atom. The Bertz CT molecular complexity index is 662. The van der Waals surface area contributed by atoms with Gasteiger partial charge in [0.05, 0.1) is 0 Å². The van der Waals surface area contributed by atoms with E-state index in [0.717, 1.165) is 38.8 Å². The summed E-state index contributed by atoms with van der Waals surface area (Å²) >= 11 is 9.88. The molecule has 0 amide bonds. The summed E-state index contributed by atoms with van der Waals surface area (Å²) in [4.78, 5) is 0. The first kappa shape index (κ1) is 25.8. The van der Waals surface area contributed by atoms with Gasteiger partial charge in [-0.2, -0.15) is 0 Å². The Kier molecular flexibility index (Phi) is 7.88. The van der Waals surface area contributed by atoms with Crippen LogP contribution in [0.2, 0.25) is 0 Å². The van der Waals surface area contributed by atoms with Crippen molar-refractivity contribution in [3.63, 3.8) is 0 Å². The Balaban J connectivity index is 0.000000181. The quantitative estimate of drug-likeness (QED) is 0.203. The zero-order valence-electron chi connectivity index (χ0n) is 18.8. The van der Waals surface area contributed by atoms with E-state index in [9.17, 15) is 20.4 Å². The summed E-state index contributed by atoms with van der Waals surface area (Å²) in [5, 5.41) is 59.6. The van der Waals surface area contributed by atoms with Gasteiger partial charge in [0.15, 0.2) is 33.1 Å². The van der Waals surface area contributed by atoms with Gasteiger partial charge in [-0.05, 0) is 63.2 Å². The number of fused-ring (bicyclic) bond motifs is 2. The molecule has 6 atom stereocenters. The predicted octanol–water partition coefficient (Wildman–Crippen LogP) is -1.21. The molecule has 2 saturated heterocycles. The first-order valence-corrected chi connectivity index (χ1v) is 12.4. The van der Waals surface area contributed by atoms with Crippen molar-refractivity contribution in [2.45, 2.75) is 100 Å². The normalized spacial score (nSPS) is 42.4. The molecule has 12 heteroatoms. The molecule has 10 nitrogen and oxygen atoms in total. The second-order valence-electron chi connectivity index (χ2n) is 9.39. The highest BCUT2D eigenvalue weighted by molar-refractivity contribution is 7.80. The summed E-state index contributed by atoms with van der Waals surface area (Å²) < 4.78 is 0. The molecule has 0 aromatic carbocycles. The number of nitrogens with one attached hydrogen (secondary N) is 6. The number of thiocarbonyl (C=S) groups is 2. The van der Waals surface area contributed by atoms with E-state index in [0.29, 0.717) is 35.9 Å². The van der Waals surface area contributed by atoms with Crippen LogP contribution >= 0.6 is 24.4 Å². The molecular weight excluding hydrogens is 452 g/mol. The van der Waals surface area contributed by atoms with Gasteiger partial charge in [-0.1, -0.05) is 13.8 Å². The van der Waals surface area contributed by atoms with E-state index in [2.05, 4.69) is 45.7 Å². The molecule has 0 aromatic rings. The maximum Gasteiger partial charge on any atom is 0.187 e. The maximum atomic E-state index is 10.4. The van der Waals surface area contributed by atoms with Gasteiger partial charge in [0, 0.05) is 37.8 Å². The zero-order valence-corrected chi connectivity index (χ0v) is 20.5. The third kappa shape index (κ3) is 5.12. The van der Waals surface area contributed by atoms with Crippen molar-refractivity contribution in [2.75, 3.05) is 13.1 Å². The summed E-state index contributed by atoms with van der Waals surface area (Å²) in [5.41, 5.74) is -5.30. The maximum absolute atomic E-state index is 10.4. The van der Waals surface area contributed by atoms with Gasteiger partial charge in [0.1, 0.15) is 0 Å². The minimum Gasteiger partial charge on any atom is -0.367 e. The summed E-state index contributed by atoms with van der Waals surface area (Å²) in [6, 6.07) is 0.445. The molecule has 4 rings (SSSR count). The molecule has 0 bridgehead atoms. The first-order chi connectivity index (χ1) is 15.0. The molecule has 0 aromatic heterocycles. The fourth-order valence-electron chi connectivity index (χ4n) is 4.93. The molecule has 4 aliphatic rings. The van der Waals surface area contributed by atoms with E-state index in [-0.39, 0.29) is 12.1 Å². The third-order valence-electron chi connectivity index (χ3n) is 6.81. The van der Waals surface area contributed by atoms with Gasteiger partial charge in [-0.3, -0.25) is 0 Å². The molecule has 2 saturated carbocycles. The Labute approximate surface area is 200 Å². The fourth-order valence-corrected chi connectivity index (χ4v) is 5.61. The smallest absolute Gasteiger partial charge is 0.187 e. The second-order valence-corrected chi connectivity index (χ2v) is 10.2. The monoisotopic (exact) mass is 490 g/mol. The molecule has 0 radical (unpaired) electrons. The van der Waals surface area contributed by atoms with Crippen molar-refractivity contribution in [1.82, 2.24) is 31.9 Å². The Hall–Kier alpha value is -0.860. The van der Waals surface area contributed by atoms with Gasteiger partial charge in [-0.25, -0.2) is 0 Å². The SMILES string of the molecule is CCCNC1CCC2(O)NC(=S)NC2(O)C1.CCCN[C@H]1CC[C@]2(O)NC(=S)N[C@]2(O)C1. The van der Waals surface area contributed by atoms with Gasteiger partial charge < -0.3 is 52.3 Å². The summed E-state index contributed by atoms with van der Waals surface area (Å²) in [6.45, 7) is 6.06. The summed E-state index contributed by atoms with van der Waals surface area (Å²) in [7, 11) is 0. The van der Waals surface area contributed by atoms with Crippen molar-refractivity contribution in [3.05, 3.63) is 0 Å². The molecule has 32 heavy (non-hydrogen) atoms. The van der Waals surface area contributed by atoms with E-state index >= 15 is 0 Å². The summed E-state index contributed by atoms with van der Waals surface area (Å²) in [6.07, 6.45) is 5.65. The Morgan fingerprint density at radius 3 is 1.41 bits per heavy atom. The average Bonchev–Trinajstić information content (AvgIpc) is 3.09. The van der Waals surface area contributed by atoms with Crippen LogP contribution in [0.25, 0.3) is 0 Å². The summed E-state index contributed by atoms with van der Waals surface area (Å²) in [5.74, 6) is 0. The molecule has 10 N–H and O–H groups in total. The van der Waals surface area contributed by atoms with Crippen molar-refractivity contribution in [3.8, 4) is 0 Å². The van der Waals surface area contributed by atoms with Gasteiger partial charge >= 0.3 is 0 Å². The number of rotatable bonds is 6.